The van der Waals surface area contributed by atoms with E-state index in [1.165, 1.54) is 4.88 Å². The molecule has 1 heterocycles. The van der Waals surface area contributed by atoms with Gasteiger partial charge in [-0.3, -0.25) is 4.79 Å². The zero-order valence-electron chi connectivity index (χ0n) is 9.10. The highest BCUT2D eigenvalue weighted by atomic mass is 32.2. The van der Waals surface area contributed by atoms with Gasteiger partial charge in [0.15, 0.2) is 0 Å². The molecule has 6 heteroatoms. The Hall–Kier alpha value is -0.880. The predicted molar refractivity (Wildman–Crippen MR) is 65.4 cm³/mol. The molecule has 1 amide bonds. The second kappa shape index (κ2) is 6.00. The molecule has 90 valence electrons. The maximum atomic E-state index is 11.3. The van der Waals surface area contributed by atoms with Crippen LogP contribution in [-0.2, 0) is 21.1 Å². The molecule has 0 atom stereocenters. The van der Waals surface area contributed by atoms with E-state index in [1.54, 1.807) is 11.3 Å². The number of thiophene rings is 1. The molecule has 1 rings (SSSR count). The van der Waals surface area contributed by atoms with Gasteiger partial charge in [-0.1, -0.05) is 6.07 Å². The first-order chi connectivity index (χ1) is 7.47. The largest absolute Gasteiger partial charge is 0.355 e. The molecule has 0 spiro atoms. The number of rotatable bonds is 6. The summed E-state index contributed by atoms with van der Waals surface area (Å²) in [5.41, 5.74) is 0. The van der Waals surface area contributed by atoms with E-state index in [1.807, 2.05) is 17.5 Å². The van der Waals surface area contributed by atoms with E-state index in [4.69, 9.17) is 0 Å². The van der Waals surface area contributed by atoms with Gasteiger partial charge in [-0.05, 0) is 17.9 Å². The van der Waals surface area contributed by atoms with Crippen molar-refractivity contribution >= 4 is 27.1 Å². The van der Waals surface area contributed by atoms with Gasteiger partial charge >= 0.3 is 0 Å². The van der Waals surface area contributed by atoms with Gasteiger partial charge in [-0.15, -0.1) is 11.3 Å². The Morgan fingerprint density at radius 3 is 2.81 bits per heavy atom. The van der Waals surface area contributed by atoms with Crippen molar-refractivity contribution in [1.82, 2.24) is 5.32 Å². The number of hydrogen-bond acceptors (Lipinski definition) is 4. The van der Waals surface area contributed by atoms with E-state index in [2.05, 4.69) is 5.32 Å². The SMILES string of the molecule is CS(=O)(=O)CCNC(=O)CCc1cccs1. The fourth-order valence-electron chi connectivity index (χ4n) is 1.16. The number of amides is 1. The maximum Gasteiger partial charge on any atom is 0.220 e. The van der Waals surface area contributed by atoms with Crippen molar-refractivity contribution in [1.29, 1.82) is 0 Å². The van der Waals surface area contributed by atoms with Gasteiger partial charge in [0.05, 0.1) is 5.75 Å². The lowest BCUT2D eigenvalue weighted by Crippen LogP contribution is -2.28. The van der Waals surface area contributed by atoms with Crippen LogP contribution in [-0.4, -0.2) is 32.9 Å². The molecule has 4 nitrogen and oxygen atoms in total. The van der Waals surface area contributed by atoms with Crippen molar-refractivity contribution in [3.05, 3.63) is 22.4 Å². The summed E-state index contributed by atoms with van der Waals surface area (Å²) in [4.78, 5) is 12.5. The first-order valence-corrected chi connectivity index (χ1v) is 7.88. The summed E-state index contributed by atoms with van der Waals surface area (Å²) in [5, 5.41) is 4.56. The summed E-state index contributed by atoms with van der Waals surface area (Å²) in [6.07, 6.45) is 2.28. The van der Waals surface area contributed by atoms with Crippen LogP contribution in [0.25, 0.3) is 0 Å². The van der Waals surface area contributed by atoms with Crippen LogP contribution in [0, 0.1) is 0 Å². The van der Waals surface area contributed by atoms with Crippen LogP contribution in [0.1, 0.15) is 11.3 Å². The molecule has 0 aromatic carbocycles. The third kappa shape index (κ3) is 5.87. The molecule has 1 N–H and O–H groups in total. The standard InChI is InChI=1S/C10H15NO3S2/c1-16(13,14)8-6-11-10(12)5-4-9-3-2-7-15-9/h2-3,7H,4-6,8H2,1H3,(H,11,12). The molecule has 0 radical (unpaired) electrons. The Morgan fingerprint density at radius 2 is 2.25 bits per heavy atom. The zero-order valence-corrected chi connectivity index (χ0v) is 10.7. The smallest absolute Gasteiger partial charge is 0.220 e. The average molecular weight is 261 g/mol. The number of aryl methyl sites for hydroxylation is 1. The van der Waals surface area contributed by atoms with Crippen LogP contribution in [0.5, 0.6) is 0 Å². The molecule has 0 aliphatic rings. The fourth-order valence-corrected chi connectivity index (χ4v) is 2.34. The van der Waals surface area contributed by atoms with Gasteiger partial charge in [-0.25, -0.2) is 8.42 Å². The molecule has 16 heavy (non-hydrogen) atoms. The molecule has 0 unspecified atom stereocenters. The van der Waals surface area contributed by atoms with Gasteiger partial charge in [0.25, 0.3) is 0 Å². The number of sulfone groups is 1. The second-order valence-electron chi connectivity index (χ2n) is 3.56. The highest BCUT2D eigenvalue weighted by molar-refractivity contribution is 7.90. The first-order valence-electron chi connectivity index (χ1n) is 4.94. The number of carbonyl (C=O) groups is 1. The van der Waals surface area contributed by atoms with Crippen LogP contribution in [0.2, 0.25) is 0 Å². The number of nitrogens with one attached hydrogen (secondary N) is 1. The van der Waals surface area contributed by atoms with Crippen molar-refractivity contribution in [3.63, 3.8) is 0 Å². The second-order valence-corrected chi connectivity index (χ2v) is 6.85. The molecule has 0 fully saturated rings. The van der Waals surface area contributed by atoms with E-state index >= 15 is 0 Å². The van der Waals surface area contributed by atoms with E-state index in [-0.39, 0.29) is 18.2 Å². The fraction of sp³-hybridized carbons (Fsp3) is 0.500. The van der Waals surface area contributed by atoms with E-state index < -0.39 is 9.84 Å². The van der Waals surface area contributed by atoms with Crippen LogP contribution in [0.15, 0.2) is 17.5 Å². The maximum absolute atomic E-state index is 11.3. The van der Waals surface area contributed by atoms with Gasteiger partial charge in [0.1, 0.15) is 9.84 Å². The quantitative estimate of drug-likeness (QED) is 0.825. The van der Waals surface area contributed by atoms with Crippen LogP contribution in [0.4, 0.5) is 0 Å². The van der Waals surface area contributed by atoms with Crippen molar-refractivity contribution in [2.45, 2.75) is 12.8 Å². The highest BCUT2D eigenvalue weighted by Crippen LogP contribution is 2.10. The summed E-state index contributed by atoms with van der Waals surface area (Å²) in [6, 6.07) is 3.93. The molecular weight excluding hydrogens is 246 g/mol. The summed E-state index contributed by atoms with van der Waals surface area (Å²) in [6.45, 7) is 0.197. The van der Waals surface area contributed by atoms with Crippen LogP contribution in [0.3, 0.4) is 0 Å². The minimum absolute atomic E-state index is 0.00224. The minimum Gasteiger partial charge on any atom is -0.355 e. The minimum atomic E-state index is -2.99. The Labute approximate surface area is 99.6 Å². The average Bonchev–Trinajstić information content (AvgIpc) is 2.65. The molecular formula is C10H15NO3S2. The molecule has 0 aliphatic carbocycles. The third-order valence-corrected chi connectivity index (χ3v) is 3.86. The summed E-state index contributed by atoms with van der Waals surface area (Å²) in [5.74, 6) is -0.102. The summed E-state index contributed by atoms with van der Waals surface area (Å²) >= 11 is 1.62. The van der Waals surface area contributed by atoms with Gasteiger partial charge < -0.3 is 5.32 Å². The third-order valence-electron chi connectivity index (χ3n) is 1.97. The van der Waals surface area contributed by atoms with E-state index in [0.717, 1.165) is 6.26 Å². The van der Waals surface area contributed by atoms with Crippen LogP contribution >= 0.6 is 11.3 Å². The van der Waals surface area contributed by atoms with Gasteiger partial charge in [0, 0.05) is 24.1 Å². The Morgan fingerprint density at radius 1 is 1.50 bits per heavy atom. The van der Waals surface area contributed by atoms with Crippen molar-refractivity contribution in [2.75, 3.05) is 18.6 Å². The summed E-state index contributed by atoms with van der Waals surface area (Å²) in [7, 11) is -2.99. The van der Waals surface area contributed by atoms with Gasteiger partial charge in [-0.2, -0.15) is 0 Å². The molecule has 0 saturated heterocycles. The van der Waals surface area contributed by atoms with Crippen molar-refractivity contribution < 1.29 is 13.2 Å². The monoisotopic (exact) mass is 261 g/mol. The highest BCUT2D eigenvalue weighted by Gasteiger charge is 2.05. The first kappa shape index (κ1) is 13.2. The Balaban J connectivity index is 2.17. The van der Waals surface area contributed by atoms with Crippen molar-refractivity contribution in [2.24, 2.45) is 0 Å². The summed E-state index contributed by atoms with van der Waals surface area (Å²) < 4.78 is 21.6. The topological polar surface area (TPSA) is 63.2 Å². The number of hydrogen-bond donors (Lipinski definition) is 1. The lowest BCUT2D eigenvalue weighted by Gasteiger charge is -2.03. The van der Waals surface area contributed by atoms with Crippen LogP contribution < -0.4 is 5.32 Å². The Kier molecular flexibility index (Phi) is 4.95. The molecule has 1 aromatic heterocycles. The van der Waals surface area contributed by atoms with E-state index in [0.29, 0.717) is 12.8 Å². The van der Waals surface area contributed by atoms with Crippen molar-refractivity contribution in [3.8, 4) is 0 Å². The molecule has 0 aliphatic heterocycles. The Bertz CT molecular complexity index is 423. The normalized spacial score (nSPS) is 11.3. The number of carbonyl (C=O) groups excluding carboxylic acids is 1. The zero-order chi connectivity index (χ0) is 12.0. The molecule has 1 aromatic rings. The molecule has 0 bridgehead atoms. The lowest BCUT2D eigenvalue weighted by atomic mass is 10.2. The van der Waals surface area contributed by atoms with Gasteiger partial charge in [0.2, 0.25) is 5.91 Å². The lowest BCUT2D eigenvalue weighted by molar-refractivity contribution is -0.120. The van der Waals surface area contributed by atoms with E-state index in [9.17, 15) is 13.2 Å². The predicted octanol–water partition coefficient (Wildman–Crippen LogP) is 0.841. The molecule has 0 saturated carbocycles.